The number of pyridine rings is 1. The Morgan fingerprint density at radius 3 is 2.59 bits per heavy atom. The number of nitrogens with zero attached hydrogens (tertiary/aromatic N) is 1. The van der Waals surface area contributed by atoms with Crippen molar-refractivity contribution in [3.8, 4) is 11.1 Å². The van der Waals surface area contributed by atoms with Crippen molar-refractivity contribution >= 4 is 28.2 Å². The van der Waals surface area contributed by atoms with E-state index in [1.807, 2.05) is 37.4 Å². The molecule has 29 heavy (non-hydrogen) atoms. The van der Waals surface area contributed by atoms with Crippen molar-refractivity contribution < 1.29 is 14.3 Å². The van der Waals surface area contributed by atoms with Gasteiger partial charge >= 0.3 is 5.97 Å². The van der Waals surface area contributed by atoms with E-state index >= 15 is 0 Å². The van der Waals surface area contributed by atoms with Gasteiger partial charge in [-0.1, -0.05) is 29.8 Å². The first kappa shape index (κ1) is 20.5. The van der Waals surface area contributed by atoms with Gasteiger partial charge in [0.05, 0.1) is 7.11 Å². The maximum Gasteiger partial charge on any atom is 0.341 e. The average molecular weight is 410 g/mol. The van der Waals surface area contributed by atoms with Crippen LogP contribution in [-0.4, -0.2) is 23.6 Å². The quantitative estimate of drug-likeness (QED) is 0.647. The van der Waals surface area contributed by atoms with E-state index in [-0.39, 0.29) is 12.1 Å². The Kier molecular flexibility index (Phi) is 5.98. The monoisotopic (exact) mass is 410 g/mol. The predicted molar refractivity (Wildman–Crippen MR) is 115 cm³/mol. The number of amides is 1. The lowest BCUT2D eigenvalue weighted by molar-refractivity contribution is -0.116. The fourth-order valence-electron chi connectivity index (χ4n) is 3.08. The van der Waals surface area contributed by atoms with Gasteiger partial charge in [0.15, 0.2) is 0 Å². The third-order valence-corrected chi connectivity index (χ3v) is 5.54. The summed E-state index contributed by atoms with van der Waals surface area (Å²) in [6, 6.07) is 9.41. The highest BCUT2D eigenvalue weighted by molar-refractivity contribution is 7.15. The number of rotatable bonds is 5. The molecule has 2 aromatic heterocycles. The molecule has 0 atom stereocenters. The van der Waals surface area contributed by atoms with Gasteiger partial charge in [-0.3, -0.25) is 9.59 Å². The van der Waals surface area contributed by atoms with Crippen LogP contribution in [0.1, 0.15) is 27.0 Å². The average Bonchev–Trinajstić information content (AvgIpc) is 3.09. The van der Waals surface area contributed by atoms with E-state index in [1.54, 1.807) is 25.3 Å². The highest BCUT2D eigenvalue weighted by Crippen LogP contribution is 2.37. The molecule has 0 unspecified atom stereocenters. The number of carbonyl (C=O) groups excluding carboxylic acids is 2. The number of benzene rings is 1. The van der Waals surface area contributed by atoms with E-state index in [0.717, 1.165) is 16.7 Å². The maximum absolute atomic E-state index is 12.6. The number of hydrogen-bond acceptors (Lipinski definition) is 5. The summed E-state index contributed by atoms with van der Waals surface area (Å²) in [5.41, 5.74) is 4.36. The Morgan fingerprint density at radius 2 is 1.86 bits per heavy atom. The lowest BCUT2D eigenvalue weighted by Gasteiger charge is -2.11. The molecular formula is C22H22N2O4S. The molecule has 0 saturated carbocycles. The Hall–Kier alpha value is -3.19. The van der Waals surface area contributed by atoms with Crippen LogP contribution in [0, 0.1) is 20.8 Å². The molecule has 6 nitrogen and oxygen atoms in total. The maximum atomic E-state index is 12.6. The Balaban J connectivity index is 1.95. The summed E-state index contributed by atoms with van der Waals surface area (Å²) in [4.78, 5) is 37.2. The Labute approximate surface area is 172 Å². The molecule has 0 aliphatic heterocycles. The first-order valence-electron chi connectivity index (χ1n) is 9.05. The van der Waals surface area contributed by atoms with Crippen LogP contribution in [0.3, 0.4) is 0 Å². The van der Waals surface area contributed by atoms with Crippen LogP contribution in [0.15, 0.2) is 46.7 Å². The van der Waals surface area contributed by atoms with Gasteiger partial charge in [-0.25, -0.2) is 4.79 Å². The SMILES string of the molecule is COC(=O)c1c(-c2cc(C)ccc2C)csc1NC(=O)Cn1cccc(C)c1=O. The summed E-state index contributed by atoms with van der Waals surface area (Å²) >= 11 is 1.26. The number of methoxy groups -OCH3 is 1. The van der Waals surface area contributed by atoms with Gasteiger partial charge in [-0.2, -0.15) is 0 Å². The fraction of sp³-hybridized carbons (Fsp3) is 0.227. The van der Waals surface area contributed by atoms with E-state index < -0.39 is 11.9 Å². The number of anilines is 1. The molecule has 1 N–H and O–H groups in total. The first-order chi connectivity index (χ1) is 13.8. The summed E-state index contributed by atoms with van der Waals surface area (Å²) in [6.45, 7) is 5.50. The van der Waals surface area contributed by atoms with E-state index in [0.29, 0.717) is 21.7 Å². The van der Waals surface area contributed by atoms with Crippen LogP contribution in [-0.2, 0) is 16.1 Å². The molecule has 0 aliphatic rings. The number of carbonyl (C=O) groups is 2. The van der Waals surface area contributed by atoms with Crippen molar-refractivity contribution in [2.75, 3.05) is 12.4 Å². The van der Waals surface area contributed by atoms with Crippen LogP contribution in [0.2, 0.25) is 0 Å². The number of aryl methyl sites for hydroxylation is 3. The van der Waals surface area contributed by atoms with Gasteiger partial charge in [-0.05, 0) is 38.0 Å². The fourth-order valence-corrected chi connectivity index (χ4v) is 4.05. The minimum Gasteiger partial charge on any atom is -0.465 e. The summed E-state index contributed by atoms with van der Waals surface area (Å²) in [6.07, 6.45) is 1.56. The van der Waals surface area contributed by atoms with E-state index in [1.165, 1.54) is 23.0 Å². The predicted octanol–water partition coefficient (Wildman–Crippen LogP) is 3.93. The molecule has 3 aromatic rings. The molecule has 3 rings (SSSR count). The molecule has 0 bridgehead atoms. The van der Waals surface area contributed by atoms with Gasteiger partial charge in [0.25, 0.3) is 5.56 Å². The van der Waals surface area contributed by atoms with Crippen molar-refractivity contribution in [2.24, 2.45) is 0 Å². The molecule has 1 aromatic carbocycles. The van der Waals surface area contributed by atoms with Gasteiger partial charge in [0.1, 0.15) is 17.1 Å². The Bertz CT molecular complexity index is 1140. The molecule has 150 valence electrons. The largest absolute Gasteiger partial charge is 0.465 e. The van der Waals surface area contributed by atoms with Crippen molar-refractivity contribution in [1.82, 2.24) is 4.57 Å². The Morgan fingerprint density at radius 1 is 1.10 bits per heavy atom. The van der Waals surface area contributed by atoms with Crippen LogP contribution in [0.4, 0.5) is 5.00 Å². The van der Waals surface area contributed by atoms with Crippen LogP contribution >= 0.6 is 11.3 Å². The number of nitrogens with one attached hydrogen (secondary N) is 1. The second-order valence-electron chi connectivity index (χ2n) is 6.84. The number of ether oxygens (including phenoxy) is 1. The number of esters is 1. The van der Waals surface area contributed by atoms with E-state index in [4.69, 9.17) is 4.74 Å². The smallest absolute Gasteiger partial charge is 0.341 e. The lowest BCUT2D eigenvalue weighted by Crippen LogP contribution is -2.28. The normalized spacial score (nSPS) is 10.6. The summed E-state index contributed by atoms with van der Waals surface area (Å²) in [5, 5.41) is 5.00. The molecule has 0 fully saturated rings. The van der Waals surface area contributed by atoms with Crippen LogP contribution in [0.25, 0.3) is 11.1 Å². The topological polar surface area (TPSA) is 77.4 Å². The number of hydrogen-bond donors (Lipinski definition) is 1. The molecular weight excluding hydrogens is 388 g/mol. The van der Waals surface area contributed by atoms with E-state index in [2.05, 4.69) is 5.32 Å². The van der Waals surface area contributed by atoms with Gasteiger partial charge in [0.2, 0.25) is 5.91 Å². The number of thiophene rings is 1. The van der Waals surface area contributed by atoms with Gasteiger partial charge in [0, 0.05) is 22.7 Å². The van der Waals surface area contributed by atoms with E-state index in [9.17, 15) is 14.4 Å². The molecule has 7 heteroatoms. The third kappa shape index (κ3) is 4.30. The molecule has 0 spiro atoms. The molecule has 2 heterocycles. The first-order valence-corrected chi connectivity index (χ1v) is 9.93. The zero-order valence-electron chi connectivity index (χ0n) is 16.7. The minimum atomic E-state index is -0.523. The molecule has 1 amide bonds. The third-order valence-electron chi connectivity index (χ3n) is 4.64. The summed E-state index contributed by atoms with van der Waals surface area (Å²) in [5.74, 6) is -0.914. The van der Waals surface area contributed by atoms with Gasteiger partial charge in [-0.15, -0.1) is 11.3 Å². The second kappa shape index (κ2) is 8.45. The standard InChI is InChI=1S/C22H22N2O4S/c1-13-7-8-14(2)16(10-13)17-12-29-20(19(17)22(27)28-4)23-18(25)11-24-9-5-6-15(3)21(24)26/h5-10,12H,11H2,1-4H3,(H,23,25). The minimum absolute atomic E-state index is 0.141. The molecule has 0 saturated heterocycles. The van der Waals surface area contributed by atoms with Gasteiger partial charge < -0.3 is 14.6 Å². The second-order valence-corrected chi connectivity index (χ2v) is 7.72. The van der Waals surface area contributed by atoms with Crippen molar-refractivity contribution in [3.63, 3.8) is 0 Å². The summed E-state index contributed by atoms with van der Waals surface area (Å²) in [7, 11) is 1.31. The molecule has 0 radical (unpaired) electrons. The number of aromatic nitrogens is 1. The molecule has 0 aliphatic carbocycles. The zero-order chi connectivity index (χ0) is 21.1. The highest BCUT2D eigenvalue weighted by Gasteiger charge is 2.23. The highest BCUT2D eigenvalue weighted by atomic mass is 32.1. The lowest BCUT2D eigenvalue weighted by atomic mass is 9.97. The zero-order valence-corrected chi connectivity index (χ0v) is 17.6. The van der Waals surface area contributed by atoms with Crippen molar-refractivity contribution in [1.29, 1.82) is 0 Å². The van der Waals surface area contributed by atoms with Crippen molar-refractivity contribution in [2.45, 2.75) is 27.3 Å². The summed E-state index contributed by atoms with van der Waals surface area (Å²) < 4.78 is 6.30. The van der Waals surface area contributed by atoms with Crippen LogP contribution in [0.5, 0.6) is 0 Å². The van der Waals surface area contributed by atoms with Crippen molar-refractivity contribution in [3.05, 3.63) is 74.5 Å². The van der Waals surface area contributed by atoms with Crippen LogP contribution < -0.4 is 10.9 Å².